The van der Waals surface area contributed by atoms with Gasteiger partial charge in [-0.15, -0.1) is 0 Å². The summed E-state index contributed by atoms with van der Waals surface area (Å²) in [5, 5.41) is 0. The Morgan fingerprint density at radius 1 is 1.31 bits per heavy atom. The second kappa shape index (κ2) is 4.84. The molecular weight excluding hydrogens is 200 g/mol. The highest BCUT2D eigenvalue weighted by atomic mass is 16.1. The number of piperazine rings is 1. The van der Waals surface area contributed by atoms with Gasteiger partial charge in [-0.3, -0.25) is 14.6 Å². The minimum absolute atomic E-state index is 0.0964. The van der Waals surface area contributed by atoms with E-state index in [-0.39, 0.29) is 6.04 Å². The lowest BCUT2D eigenvalue weighted by Gasteiger charge is -2.49. The number of carbonyl (C=O) groups is 1. The third-order valence-corrected chi connectivity index (χ3v) is 4.32. The zero-order chi connectivity index (χ0) is 11.7. The monoisotopic (exact) mass is 224 g/mol. The summed E-state index contributed by atoms with van der Waals surface area (Å²) in [4.78, 5) is 16.5. The number of piperidine rings is 1. The highest BCUT2D eigenvalue weighted by Gasteiger charge is 2.35. The van der Waals surface area contributed by atoms with Crippen molar-refractivity contribution >= 4 is 5.78 Å². The van der Waals surface area contributed by atoms with E-state index in [1.54, 1.807) is 6.92 Å². The molecule has 3 nitrogen and oxygen atoms in total. The standard InChI is InChI=1S/C13H24N2O/c1-10-8-14-7-5-4-6-13(14)9-15(10)11(2)12(3)16/h10-11,13H,4-9H2,1-3H3. The van der Waals surface area contributed by atoms with Crippen molar-refractivity contribution in [3.05, 3.63) is 0 Å². The topological polar surface area (TPSA) is 23.6 Å². The van der Waals surface area contributed by atoms with Crippen molar-refractivity contribution < 1.29 is 4.79 Å². The third kappa shape index (κ3) is 2.30. The summed E-state index contributed by atoms with van der Waals surface area (Å²) >= 11 is 0. The third-order valence-electron chi connectivity index (χ3n) is 4.32. The van der Waals surface area contributed by atoms with Gasteiger partial charge in [0.25, 0.3) is 0 Å². The van der Waals surface area contributed by atoms with Crippen molar-refractivity contribution in [1.29, 1.82) is 0 Å². The van der Waals surface area contributed by atoms with Crippen molar-refractivity contribution in [2.24, 2.45) is 0 Å². The first-order valence-corrected chi connectivity index (χ1v) is 6.60. The van der Waals surface area contributed by atoms with E-state index in [0.29, 0.717) is 17.9 Å². The van der Waals surface area contributed by atoms with Crippen LogP contribution in [0.5, 0.6) is 0 Å². The van der Waals surface area contributed by atoms with Crippen LogP contribution in [0.25, 0.3) is 0 Å². The fourth-order valence-electron chi connectivity index (χ4n) is 3.15. The molecule has 2 rings (SSSR count). The van der Waals surface area contributed by atoms with Crippen molar-refractivity contribution in [2.75, 3.05) is 19.6 Å². The van der Waals surface area contributed by atoms with Gasteiger partial charge in [-0.2, -0.15) is 0 Å². The normalized spacial score (nSPS) is 34.4. The lowest BCUT2D eigenvalue weighted by Crippen LogP contribution is -2.61. The minimum Gasteiger partial charge on any atom is -0.298 e. The molecule has 0 N–H and O–H groups in total. The van der Waals surface area contributed by atoms with Gasteiger partial charge in [0.1, 0.15) is 5.78 Å². The van der Waals surface area contributed by atoms with Crippen molar-refractivity contribution in [2.45, 2.75) is 58.2 Å². The summed E-state index contributed by atoms with van der Waals surface area (Å²) in [6, 6.07) is 1.32. The summed E-state index contributed by atoms with van der Waals surface area (Å²) in [5.74, 6) is 0.302. The van der Waals surface area contributed by atoms with E-state index in [9.17, 15) is 4.79 Å². The number of hydrogen-bond donors (Lipinski definition) is 0. The second-order valence-corrected chi connectivity index (χ2v) is 5.48. The molecule has 2 saturated heterocycles. The van der Waals surface area contributed by atoms with Crippen LogP contribution >= 0.6 is 0 Å². The Balaban J connectivity index is 2.02. The van der Waals surface area contributed by atoms with Gasteiger partial charge in [0.05, 0.1) is 6.04 Å². The van der Waals surface area contributed by atoms with E-state index in [0.717, 1.165) is 13.1 Å². The predicted octanol–water partition coefficient (Wildman–Crippen LogP) is 1.52. The van der Waals surface area contributed by atoms with Crippen LogP contribution in [0, 0.1) is 0 Å². The van der Waals surface area contributed by atoms with Gasteiger partial charge in [0.15, 0.2) is 0 Å². The molecule has 16 heavy (non-hydrogen) atoms. The summed E-state index contributed by atoms with van der Waals surface area (Å²) < 4.78 is 0. The fraction of sp³-hybridized carbons (Fsp3) is 0.923. The first-order valence-electron chi connectivity index (χ1n) is 6.60. The Labute approximate surface area is 98.8 Å². The summed E-state index contributed by atoms with van der Waals surface area (Å²) in [6.07, 6.45) is 4.02. The largest absolute Gasteiger partial charge is 0.298 e. The van der Waals surface area contributed by atoms with Gasteiger partial charge in [-0.25, -0.2) is 0 Å². The molecule has 2 aliphatic rings. The molecule has 0 aromatic heterocycles. The summed E-state index contributed by atoms with van der Waals surface area (Å²) in [6.45, 7) is 9.51. The Kier molecular flexibility index (Phi) is 3.65. The zero-order valence-electron chi connectivity index (χ0n) is 10.8. The number of hydrogen-bond acceptors (Lipinski definition) is 3. The number of nitrogens with zero attached hydrogens (tertiary/aromatic N) is 2. The van der Waals surface area contributed by atoms with Gasteiger partial charge in [0, 0.05) is 25.2 Å². The molecule has 0 bridgehead atoms. The van der Waals surface area contributed by atoms with Crippen molar-refractivity contribution in [3.63, 3.8) is 0 Å². The van der Waals surface area contributed by atoms with E-state index in [2.05, 4.69) is 23.6 Å². The summed E-state index contributed by atoms with van der Waals surface area (Å²) in [5.41, 5.74) is 0. The summed E-state index contributed by atoms with van der Waals surface area (Å²) in [7, 11) is 0. The minimum atomic E-state index is 0.0964. The lowest BCUT2D eigenvalue weighted by molar-refractivity contribution is -0.124. The van der Waals surface area contributed by atoms with E-state index < -0.39 is 0 Å². The van der Waals surface area contributed by atoms with Crippen LogP contribution in [-0.2, 0) is 4.79 Å². The molecule has 2 fully saturated rings. The fourth-order valence-corrected chi connectivity index (χ4v) is 3.15. The van der Waals surface area contributed by atoms with Crippen LogP contribution in [0.15, 0.2) is 0 Å². The van der Waals surface area contributed by atoms with Crippen LogP contribution in [0.2, 0.25) is 0 Å². The maximum absolute atomic E-state index is 11.5. The zero-order valence-corrected chi connectivity index (χ0v) is 10.8. The van der Waals surface area contributed by atoms with Crippen LogP contribution < -0.4 is 0 Å². The van der Waals surface area contributed by atoms with Gasteiger partial charge >= 0.3 is 0 Å². The maximum atomic E-state index is 11.5. The number of fused-ring (bicyclic) bond motifs is 1. The average Bonchev–Trinajstić information content (AvgIpc) is 2.27. The number of carbonyl (C=O) groups excluding carboxylic acids is 1. The predicted molar refractivity (Wildman–Crippen MR) is 65.5 cm³/mol. The maximum Gasteiger partial charge on any atom is 0.146 e. The lowest BCUT2D eigenvalue weighted by atomic mass is 9.95. The van der Waals surface area contributed by atoms with Gasteiger partial charge in [0.2, 0.25) is 0 Å². The smallest absolute Gasteiger partial charge is 0.146 e. The first kappa shape index (κ1) is 12.1. The molecule has 0 aliphatic carbocycles. The van der Waals surface area contributed by atoms with Gasteiger partial charge in [-0.05, 0) is 40.2 Å². The molecule has 3 unspecified atom stereocenters. The number of ketones is 1. The van der Waals surface area contributed by atoms with E-state index in [1.807, 2.05) is 0 Å². The molecule has 0 amide bonds. The van der Waals surface area contributed by atoms with E-state index in [1.165, 1.54) is 25.8 Å². The molecule has 0 saturated carbocycles. The Hall–Kier alpha value is -0.410. The van der Waals surface area contributed by atoms with Gasteiger partial charge < -0.3 is 0 Å². The Morgan fingerprint density at radius 3 is 2.75 bits per heavy atom. The second-order valence-electron chi connectivity index (χ2n) is 5.48. The number of Topliss-reactive ketones (excluding diaryl/α,β-unsaturated/α-hetero) is 1. The molecule has 0 spiro atoms. The molecule has 2 heterocycles. The Bertz CT molecular complexity index is 267. The van der Waals surface area contributed by atoms with Crippen molar-refractivity contribution in [3.8, 4) is 0 Å². The van der Waals surface area contributed by atoms with Crippen LogP contribution in [0.1, 0.15) is 40.0 Å². The van der Waals surface area contributed by atoms with Crippen molar-refractivity contribution in [1.82, 2.24) is 9.80 Å². The van der Waals surface area contributed by atoms with Gasteiger partial charge in [-0.1, -0.05) is 6.42 Å². The van der Waals surface area contributed by atoms with Crippen LogP contribution in [-0.4, -0.2) is 53.3 Å². The van der Waals surface area contributed by atoms with Crippen LogP contribution in [0.3, 0.4) is 0 Å². The highest BCUT2D eigenvalue weighted by Crippen LogP contribution is 2.25. The highest BCUT2D eigenvalue weighted by molar-refractivity contribution is 5.81. The average molecular weight is 224 g/mol. The molecule has 0 radical (unpaired) electrons. The molecule has 0 aromatic carbocycles. The SMILES string of the molecule is CC(=O)C(C)N1CC2CCCCN2CC1C. The number of rotatable bonds is 2. The quantitative estimate of drug-likeness (QED) is 0.710. The van der Waals surface area contributed by atoms with E-state index in [4.69, 9.17) is 0 Å². The molecule has 0 aromatic rings. The molecule has 3 heteroatoms. The molecular formula is C13H24N2O. The first-order chi connectivity index (χ1) is 7.59. The molecule has 2 aliphatic heterocycles. The van der Waals surface area contributed by atoms with Crippen LogP contribution in [0.4, 0.5) is 0 Å². The molecule has 3 atom stereocenters. The van der Waals surface area contributed by atoms with E-state index >= 15 is 0 Å². The molecule has 92 valence electrons. The Morgan fingerprint density at radius 2 is 2.06 bits per heavy atom.